The van der Waals surface area contributed by atoms with Crippen molar-refractivity contribution in [3.63, 3.8) is 0 Å². The van der Waals surface area contributed by atoms with Crippen LogP contribution in [0.15, 0.2) is 18.5 Å². The fourth-order valence-corrected chi connectivity index (χ4v) is 1.18. The van der Waals surface area contributed by atoms with Gasteiger partial charge in [0.1, 0.15) is 12.4 Å². The first-order valence-corrected chi connectivity index (χ1v) is 4.26. The predicted molar refractivity (Wildman–Crippen MR) is 53.0 cm³/mol. The van der Waals surface area contributed by atoms with Crippen LogP contribution < -0.4 is 5.73 Å². The van der Waals surface area contributed by atoms with Crippen molar-refractivity contribution in [2.75, 3.05) is 5.73 Å². The topological polar surface area (TPSA) is 93.4 Å². The molecule has 0 radical (unpaired) electrons. The summed E-state index contributed by atoms with van der Waals surface area (Å²) in [6, 6.07) is 5.49. The van der Waals surface area contributed by atoms with Gasteiger partial charge in [0.25, 0.3) is 0 Å². The number of nitriles is 1. The lowest BCUT2D eigenvalue weighted by molar-refractivity contribution is 0.839. The van der Waals surface area contributed by atoms with Crippen LogP contribution in [0.25, 0.3) is 5.82 Å². The largest absolute Gasteiger partial charge is 0.366 e. The third kappa shape index (κ3) is 1.62. The van der Waals surface area contributed by atoms with Crippen LogP contribution in [0.5, 0.6) is 0 Å². The molecule has 6 nitrogen and oxygen atoms in total. The number of aromatic nitrogens is 4. The molecule has 2 aromatic heterocycles. The van der Waals surface area contributed by atoms with Gasteiger partial charge in [0.15, 0.2) is 5.82 Å². The molecule has 2 heterocycles. The van der Waals surface area contributed by atoms with Crippen molar-refractivity contribution in [3.8, 4) is 11.9 Å². The molecule has 0 spiro atoms. The minimum atomic E-state index is 0.155. The quantitative estimate of drug-likeness (QED) is 0.720. The maximum atomic E-state index is 8.89. The SMILES string of the molecule is Cc1ccc(C#N)c(-n2cnc(N)n2)n1. The summed E-state index contributed by atoms with van der Waals surface area (Å²) >= 11 is 0. The van der Waals surface area contributed by atoms with E-state index in [1.807, 2.05) is 13.0 Å². The van der Waals surface area contributed by atoms with E-state index in [1.54, 1.807) is 12.1 Å². The van der Waals surface area contributed by atoms with E-state index in [-0.39, 0.29) is 5.95 Å². The Labute approximate surface area is 86.0 Å². The number of nitrogens with two attached hydrogens (primary N) is 1. The molecule has 74 valence electrons. The van der Waals surface area contributed by atoms with Crippen LogP contribution in [-0.4, -0.2) is 19.7 Å². The summed E-state index contributed by atoms with van der Waals surface area (Å²) in [5.41, 5.74) is 6.63. The van der Waals surface area contributed by atoms with Crippen molar-refractivity contribution >= 4 is 5.95 Å². The summed E-state index contributed by atoms with van der Waals surface area (Å²) in [6.45, 7) is 1.84. The van der Waals surface area contributed by atoms with Gasteiger partial charge in [-0.15, -0.1) is 5.10 Å². The zero-order valence-corrected chi connectivity index (χ0v) is 8.05. The first-order chi connectivity index (χ1) is 7.20. The second-order valence-electron chi connectivity index (χ2n) is 2.98. The summed E-state index contributed by atoms with van der Waals surface area (Å²) < 4.78 is 1.39. The Bertz CT molecular complexity index is 536. The molecule has 0 saturated carbocycles. The Morgan fingerprint density at radius 1 is 1.47 bits per heavy atom. The molecule has 0 saturated heterocycles. The van der Waals surface area contributed by atoms with Gasteiger partial charge in [0, 0.05) is 5.69 Å². The number of nitrogen functional groups attached to an aromatic ring is 1. The minimum Gasteiger partial charge on any atom is -0.366 e. The highest BCUT2D eigenvalue weighted by Gasteiger charge is 2.07. The Hall–Kier alpha value is -2.42. The van der Waals surface area contributed by atoms with Crippen molar-refractivity contribution in [2.24, 2.45) is 0 Å². The molecule has 0 bridgehead atoms. The monoisotopic (exact) mass is 200 g/mol. The molecule has 2 rings (SSSR count). The minimum absolute atomic E-state index is 0.155. The van der Waals surface area contributed by atoms with Gasteiger partial charge in [0.05, 0.1) is 5.56 Å². The molecule has 0 aromatic carbocycles. The fourth-order valence-electron chi connectivity index (χ4n) is 1.18. The maximum Gasteiger partial charge on any atom is 0.239 e. The van der Waals surface area contributed by atoms with E-state index >= 15 is 0 Å². The van der Waals surface area contributed by atoms with Gasteiger partial charge in [-0.1, -0.05) is 0 Å². The van der Waals surface area contributed by atoms with Crippen LogP contribution in [0.3, 0.4) is 0 Å². The smallest absolute Gasteiger partial charge is 0.239 e. The van der Waals surface area contributed by atoms with Gasteiger partial charge in [-0.25, -0.2) is 9.97 Å². The molecule has 2 N–H and O–H groups in total. The second-order valence-corrected chi connectivity index (χ2v) is 2.98. The van der Waals surface area contributed by atoms with Crippen LogP contribution in [0.4, 0.5) is 5.95 Å². The van der Waals surface area contributed by atoms with Crippen molar-refractivity contribution in [1.82, 2.24) is 19.7 Å². The molecule has 0 aliphatic heterocycles. The first-order valence-electron chi connectivity index (χ1n) is 4.26. The molecule has 0 amide bonds. The third-order valence-corrected chi connectivity index (χ3v) is 1.86. The second kappa shape index (κ2) is 3.38. The van der Waals surface area contributed by atoms with Crippen molar-refractivity contribution in [3.05, 3.63) is 29.7 Å². The van der Waals surface area contributed by atoms with E-state index in [0.29, 0.717) is 11.4 Å². The molecular weight excluding hydrogens is 192 g/mol. The van der Waals surface area contributed by atoms with E-state index in [9.17, 15) is 0 Å². The van der Waals surface area contributed by atoms with E-state index in [4.69, 9.17) is 11.0 Å². The van der Waals surface area contributed by atoms with Crippen molar-refractivity contribution in [2.45, 2.75) is 6.92 Å². The molecule has 0 fully saturated rings. The van der Waals surface area contributed by atoms with Crippen molar-refractivity contribution < 1.29 is 0 Å². The van der Waals surface area contributed by atoms with E-state index in [0.717, 1.165) is 5.69 Å². The summed E-state index contributed by atoms with van der Waals surface area (Å²) in [4.78, 5) is 7.99. The van der Waals surface area contributed by atoms with Crippen LogP contribution in [0.2, 0.25) is 0 Å². The van der Waals surface area contributed by atoms with Crippen LogP contribution >= 0.6 is 0 Å². The summed E-state index contributed by atoms with van der Waals surface area (Å²) in [6.07, 6.45) is 1.43. The van der Waals surface area contributed by atoms with Gasteiger partial charge in [0.2, 0.25) is 5.95 Å². The van der Waals surface area contributed by atoms with E-state index in [1.165, 1.54) is 11.0 Å². The molecule has 6 heteroatoms. The first kappa shape index (κ1) is 9.15. The number of aryl methyl sites for hydroxylation is 1. The van der Waals surface area contributed by atoms with E-state index in [2.05, 4.69) is 15.1 Å². The normalized spacial score (nSPS) is 9.87. The lowest BCUT2D eigenvalue weighted by atomic mass is 10.2. The zero-order valence-electron chi connectivity index (χ0n) is 8.05. The highest BCUT2D eigenvalue weighted by Crippen LogP contribution is 2.10. The number of anilines is 1. The number of hydrogen-bond acceptors (Lipinski definition) is 5. The van der Waals surface area contributed by atoms with Gasteiger partial charge >= 0.3 is 0 Å². The molecule has 15 heavy (non-hydrogen) atoms. The predicted octanol–water partition coefficient (Wildman–Crippen LogP) is 0.425. The lowest BCUT2D eigenvalue weighted by Gasteiger charge is -2.02. The molecule has 2 aromatic rings. The molecule has 0 aliphatic rings. The van der Waals surface area contributed by atoms with Crippen LogP contribution in [0.1, 0.15) is 11.3 Å². The fraction of sp³-hybridized carbons (Fsp3) is 0.111. The lowest BCUT2D eigenvalue weighted by Crippen LogP contribution is -2.03. The Balaban J connectivity index is 2.61. The average Bonchev–Trinajstić information content (AvgIpc) is 2.65. The average molecular weight is 200 g/mol. The molecule has 0 unspecified atom stereocenters. The molecule has 0 aliphatic carbocycles. The standard InChI is InChI=1S/C9H8N6/c1-6-2-3-7(4-10)8(13-6)15-5-12-9(11)14-15/h2-3,5H,1H3,(H2,11,14). The molecular formula is C9H8N6. The van der Waals surface area contributed by atoms with Crippen LogP contribution in [0, 0.1) is 18.3 Å². The summed E-state index contributed by atoms with van der Waals surface area (Å²) in [7, 11) is 0. The number of pyridine rings is 1. The zero-order chi connectivity index (χ0) is 10.8. The summed E-state index contributed by atoms with van der Waals surface area (Å²) in [5.74, 6) is 0.601. The van der Waals surface area contributed by atoms with E-state index < -0.39 is 0 Å². The highest BCUT2D eigenvalue weighted by atomic mass is 15.4. The van der Waals surface area contributed by atoms with Crippen molar-refractivity contribution in [1.29, 1.82) is 5.26 Å². The molecule has 0 atom stereocenters. The number of rotatable bonds is 1. The Kier molecular flexibility index (Phi) is 2.06. The Morgan fingerprint density at radius 2 is 2.27 bits per heavy atom. The van der Waals surface area contributed by atoms with Crippen LogP contribution in [-0.2, 0) is 0 Å². The third-order valence-electron chi connectivity index (χ3n) is 1.86. The summed E-state index contributed by atoms with van der Waals surface area (Å²) in [5, 5.41) is 12.8. The highest BCUT2D eigenvalue weighted by molar-refractivity contribution is 5.43. The van der Waals surface area contributed by atoms with Gasteiger partial charge in [-0.05, 0) is 19.1 Å². The van der Waals surface area contributed by atoms with Gasteiger partial charge in [-0.3, -0.25) is 0 Å². The number of nitrogens with zero attached hydrogens (tertiary/aromatic N) is 5. The van der Waals surface area contributed by atoms with Gasteiger partial charge in [-0.2, -0.15) is 9.94 Å². The van der Waals surface area contributed by atoms with Gasteiger partial charge < -0.3 is 5.73 Å². The Morgan fingerprint density at radius 3 is 2.87 bits per heavy atom. The maximum absolute atomic E-state index is 8.89. The number of hydrogen-bond donors (Lipinski definition) is 1.